The number of carbonyl (C=O) groups excluding carboxylic acids is 1. The second-order valence-electron chi connectivity index (χ2n) is 5.92. The van der Waals surface area contributed by atoms with Crippen LogP contribution in [0.5, 0.6) is 0 Å². The first kappa shape index (κ1) is 15.1. The molecule has 3 N–H and O–H groups in total. The normalized spacial score (nSPS) is 19.8. The molecule has 2 rings (SSSR count). The first-order valence-corrected chi connectivity index (χ1v) is 7.30. The van der Waals surface area contributed by atoms with Gasteiger partial charge in [-0.2, -0.15) is 0 Å². The first-order chi connectivity index (χ1) is 9.53. The molecule has 0 bridgehead atoms. The fourth-order valence-corrected chi connectivity index (χ4v) is 2.79. The van der Waals surface area contributed by atoms with Crippen LogP contribution >= 0.6 is 0 Å². The molecule has 0 aromatic carbocycles. The third-order valence-corrected chi connectivity index (χ3v) is 4.15. The molecule has 1 aromatic rings. The maximum absolute atomic E-state index is 12.3. The Morgan fingerprint density at radius 2 is 2.15 bits per heavy atom. The van der Waals surface area contributed by atoms with Crippen molar-refractivity contribution in [3.05, 3.63) is 24.2 Å². The Bertz CT molecular complexity index is 422. The predicted octanol–water partition coefficient (Wildman–Crippen LogP) is 1.66. The molecule has 0 aliphatic heterocycles. The highest BCUT2D eigenvalue weighted by Crippen LogP contribution is 2.26. The molecule has 112 valence electrons. The lowest BCUT2D eigenvalue weighted by atomic mass is 9.82. The molecule has 1 fully saturated rings. The summed E-state index contributed by atoms with van der Waals surface area (Å²) in [6, 6.07) is 3.82. The highest BCUT2D eigenvalue weighted by atomic mass is 16.3. The van der Waals surface area contributed by atoms with Gasteiger partial charge in [0.05, 0.1) is 17.8 Å². The van der Waals surface area contributed by atoms with E-state index in [-0.39, 0.29) is 11.9 Å². The molecule has 0 spiro atoms. The summed E-state index contributed by atoms with van der Waals surface area (Å²) in [6.07, 6.45) is 6.48. The Labute approximate surface area is 120 Å². The summed E-state index contributed by atoms with van der Waals surface area (Å²) in [5.41, 5.74) is 5.55. The maximum atomic E-state index is 12.3. The Kier molecular flexibility index (Phi) is 4.83. The zero-order chi connectivity index (χ0) is 14.6. The first-order valence-electron chi connectivity index (χ1n) is 7.30. The third-order valence-electron chi connectivity index (χ3n) is 4.15. The van der Waals surface area contributed by atoms with Crippen LogP contribution in [0.3, 0.4) is 0 Å². The fourth-order valence-electron chi connectivity index (χ4n) is 2.79. The van der Waals surface area contributed by atoms with Crippen molar-refractivity contribution in [3.63, 3.8) is 0 Å². The number of rotatable bonds is 5. The molecule has 1 saturated carbocycles. The molecule has 1 aliphatic carbocycles. The van der Waals surface area contributed by atoms with Crippen LogP contribution in [0, 0.1) is 0 Å². The Hall–Kier alpha value is -1.33. The van der Waals surface area contributed by atoms with Crippen LogP contribution in [-0.4, -0.2) is 37.0 Å². The second-order valence-corrected chi connectivity index (χ2v) is 5.92. The molecule has 5 heteroatoms. The average Bonchev–Trinajstić information content (AvgIpc) is 2.93. The number of hydrogen-bond acceptors (Lipinski definition) is 4. The number of furan rings is 1. The van der Waals surface area contributed by atoms with E-state index in [0.717, 1.165) is 31.4 Å². The summed E-state index contributed by atoms with van der Waals surface area (Å²) in [6.45, 7) is 0.512. The van der Waals surface area contributed by atoms with Crippen molar-refractivity contribution in [3.8, 4) is 0 Å². The minimum atomic E-state index is -0.682. The molecule has 1 amide bonds. The number of nitrogens with zero attached hydrogens (tertiary/aromatic N) is 1. The van der Waals surface area contributed by atoms with Gasteiger partial charge in [0.2, 0.25) is 5.91 Å². The van der Waals surface area contributed by atoms with E-state index in [1.54, 1.807) is 6.26 Å². The molecule has 1 heterocycles. The number of nitrogens with two attached hydrogens (primary N) is 1. The standard InChI is InChI=1S/C15H25N3O2/c1-18(2)12(13-7-6-10-20-13)11-17-14(19)15(16)8-4-3-5-9-15/h6-7,10,12H,3-5,8-9,11,16H2,1-2H3,(H,17,19). The lowest BCUT2D eigenvalue weighted by Gasteiger charge is -2.33. The summed E-state index contributed by atoms with van der Waals surface area (Å²) in [7, 11) is 3.94. The lowest BCUT2D eigenvalue weighted by Crippen LogP contribution is -2.55. The average molecular weight is 279 g/mol. The zero-order valence-electron chi connectivity index (χ0n) is 12.4. The minimum absolute atomic E-state index is 0.0288. The SMILES string of the molecule is CN(C)C(CNC(=O)C1(N)CCCCC1)c1ccco1. The van der Waals surface area contributed by atoms with Gasteiger partial charge < -0.3 is 15.5 Å². The largest absolute Gasteiger partial charge is 0.468 e. The third kappa shape index (κ3) is 3.41. The van der Waals surface area contributed by atoms with Gasteiger partial charge in [-0.15, -0.1) is 0 Å². The highest BCUT2D eigenvalue weighted by molar-refractivity contribution is 5.86. The second kappa shape index (κ2) is 6.41. The van der Waals surface area contributed by atoms with E-state index in [9.17, 15) is 4.79 Å². The number of hydrogen-bond donors (Lipinski definition) is 2. The highest BCUT2D eigenvalue weighted by Gasteiger charge is 2.35. The van der Waals surface area contributed by atoms with Gasteiger partial charge in [0.25, 0.3) is 0 Å². The van der Waals surface area contributed by atoms with Crippen LogP contribution < -0.4 is 11.1 Å². The molecule has 1 unspecified atom stereocenters. The van der Waals surface area contributed by atoms with E-state index in [0.29, 0.717) is 6.54 Å². The van der Waals surface area contributed by atoms with Crippen molar-refractivity contribution in [2.24, 2.45) is 5.73 Å². The molecule has 5 nitrogen and oxygen atoms in total. The summed E-state index contributed by atoms with van der Waals surface area (Å²) in [5, 5.41) is 3.00. The van der Waals surface area contributed by atoms with Crippen molar-refractivity contribution in [1.82, 2.24) is 10.2 Å². The topological polar surface area (TPSA) is 71.5 Å². The van der Waals surface area contributed by atoms with Gasteiger partial charge in [0.15, 0.2) is 0 Å². The molecule has 0 saturated heterocycles. The van der Waals surface area contributed by atoms with Crippen LogP contribution in [0.25, 0.3) is 0 Å². The van der Waals surface area contributed by atoms with E-state index in [1.165, 1.54) is 6.42 Å². The summed E-state index contributed by atoms with van der Waals surface area (Å²) >= 11 is 0. The number of carbonyl (C=O) groups is 1. The van der Waals surface area contributed by atoms with Gasteiger partial charge in [-0.25, -0.2) is 0 Å². The Morgan fingerprint density at radius 1 is 1.45 bits per heavy atom. The summed E-state index contributed by atoms with van der Waals surface area (Å²) < 4.78 is 5.44. The van der Waals surface area contributed by atoms with E-state index < -0.39 is 5.54 Å². The molecular weight excluding hydrogens is 254 g/mol. The monoisotopic (exact) mass is 279 g/mol. The minimum Gasteiger partial charge on any atom is -0.468 e. The summed E-state index contributed by atoms with van der Waals surface area (Å²) in [5.74, 6) is 0.820. The van der Waals surface area contributed by atoms with Gasteiger partial charge in [-0.1, -0.05) is 19.3 Å². The van der Waals surface area contributed by atoms with Crippen LogP contribution in [0.4, 0.5) is 0 Å². The number of likely N-dealkylation sites (N-methyl/N-ethyl adjacent to an activating group) is 1. The zero-order valence-corrected chi connectivity index (χ0v) is 12.4. The van der Waals surface area contributed by atoms with Crippen molar-refractivity contribution >= 4 is 5.91 Å². The molecule has 1 atom stereocenters. The van der Waals surface area contributed by atoms with Crippen LogP contribution in [-0.2, 0) is 4.79 Å². The van der Waals surface area contributed by atoms with E-state index in [2.05, 4.69) is 5.32 Å². The summed E-state index contributed by atoms with van der Waals surface area (Å²) in [4.78, 5) is 14.4. The number of amides is 1. The molecule has 1 aromatic heterocycles. The maximum Gasteiger partial charge on any atom is 0.240 e. The Morgan fingerprint density at radius 3 is 2.70 bits per heavy atom. The predicted molar refractivity (Wildman–Crippen MR) is 78.1 cm³/mol. The van der Waals surface area contributed by atoms with Gasteiger partial charge in [-0.05, 0) is 39.1 Å². The van der Waals surface area contributed by atoms with Gasteiger partial charge in [-0.3, -0.25) is 9.69 Å². The Balaban J connectivity index is 1.94. The molecule has 20 heavy (non-hydrogen) atoms. The fraction of sp³-hybridized carbons (Fsp3) is 0.667. The lowest BCUT2D eigenvalue weighted by molar-refractivity contribution is -0.127. The van der Waals surface area contributed by atoms with E-state index in [1.807, 2.05) is 31.1 Å². The van der Waals surface area contributed by atoms with E-state index >= 15 is 0 Å². The smallest absolute Gasteiger partial charge is 0.240 e. The van der Waals surface area contributed by atoms with Crippen molar-refractivity contribution in [2.75, 3.05) is 20.6 Å². The van der Waals surface area contributed by atoms with E-state index in [4.69, 9.17) is 10.2 Å². The van der Waals surface area contributed by atoms with Crippen molar-refractivity contribution < 1.29 is 9.21 Å². The molecular formula is C15H25N3O2. The van der Waals surface area contributed by atoms with Crippen LogP contribution in [0.2, 0.25) is 0 Å². The molecule has 0 radical (unpaired) electrons. The molecule has 1 aliphatic rings. The van der Waals surface area contributed by atoms with Crippen LogP contribution in [0.15, 0.2) is 22.8 Å². The van der Waals surface area contributed by atoms with Crippen molar-refractivity contribution in [1.29, 1.82) is 0 Å². The van der Waals surface area contributed by atoms with Crippen LogP contribution in [0.1, 0.15) is 43.9 Å². The van der Waals surface area contributed by atoms with Gasteiger partial charge >= 0.3 is 0 Å². The number of nitrogens with one attached hydrogen (secondary N) is 1. The van der Waals surface area contributed by atoms with Gasteiger partial charge in [0, 0.05) is 6.54 Å². The van der Waals surface area contributed by atoms with Crippen molar-refractivity contribution in [2.45, 2.75) is 43.7 Å². The quantitative estimate of drug-likeness (QED) is 0.860. The van der Waals surface area contributed by atoms with Gasteiger partial charge in [0.1, 0.15) is 5.76 Å².